The summed E-state index contributed by atoms with van der Waals surface area (Å²) in [5.74, 6) is 0.268. The van der Waals surface area contributed by atoms with Gasteiger partial charge in [-0.3, -0.25) is 0 Å². The molecule has 1 aliphatic heterocycles. The van der Waals surface area contributed by atoms with Gasteiger partial charge in [0.2, 0.25) is 0 Å². The topological polar surface area (TPSA) is 12.0 Å². The summed E-state index contributed by atoms with van der Waals surface area (Å²) in [5, 5.41) is 4.15. The van der Waals surface area contributed by atoms with Crippen LogP contribution in [0.2, 0.25) is 5.02 Å². The molecule has 0 spiro atoms. The van der Waals surface area contributed by atoms with Crippen LogP contribution in [0.5, 0.6) is 0 Å². The van der Waals surface area contributed by atoms with Crippen LogP contribution in [0.15, 0.2) is 48.5 Å². The van der Waals surface area contributed by atoms with Crippen LogP contribution >= 0.6 is 11.6 Å². The molecule has 0 saturated carbocycles. The summed E-state index contributed by atoms with van der Waals surface area (Å²) in [7, 11) is 0. The molecule has 1 fully saturated rings. The summed E-state index contributed by atoms with van der Waals surface area (Å²) in [6.45, 7) is 1.73. The number of benzene rings is 2. The van der Waals surface area contributed by atoms with Gasteiger partial charge in [0, 0.05) is 17.5 Å². The van der Waals surface area contributed by atoms with Gasteiger partial charge in [-0.2, -0.15) is 0 Å². The first kappa shape index (κ1) is 13.6. The van der Waals surface area contributed by atoms with Crippen molar-refractivity contribution in [3.05, 3.63) is 70.5 Å². The molecule has 0 amide bonds. The van der Waals surface area contributed by atoms with E-state index in [0.29, 0.717) is 0 Å². The van der Waals surface area contributed by atoms with Crippen molar-refractivity contribution in [2.75, 3.05) is 13.1 Å². The van der Waals surface area contributed by atoms with E-state index in [1.54, 1.807) is 6.07 Å². The van der Waals surface area contributed by atoms with Crippen molar-refractivity contribution in [1.82, 2.24) is 5.32 Å². The molecule has 3 heteroatoms. The zero-order valence-electron chi connectivity index (χ0n) is 11.2. The lowest BCUT2D eigenvalue weighted by Gasteiger charge is -2.33. The van der Waals surface area contributed by atoms with E-state index in [0.717, 1.165) is 35.7 Å². The van der Waals surface area contributed by atoms with Gasteiger partial charge >= 0.3 is 0 Å². The Morgan fingerprint density at radius 2 is 1.65 bits per heavy atom. The fourth-order valence-electron chi connectivity index (χ4n) is 3.11. The highest BCUT2D eigenvalue weighted by molar-refractivity contribution is 6.31. The van der Waals surface area contributed by atoms with E-state index in [-0.39, 0.29) is 17.7 Å². The van der Waals surface area contributed by atoms with Gasteiger partial charge in [-0.15, -0.1) is 0 Å². The standard InChI is InChI=1S/C17H17ClFN/c18-16-7-3-1-5-13(16)12-9-10-20-11-15(12)14-6-2-4-8-17(14)19/h1-8,12,15,20H,9-11H2. The quantitative estimate of drug-likeness (QED) is 0.867. The minimum Gasteiger partial charge on any atom is -0.316 e. The third-order valence-electron chi connectivity index (χ3n) is 4.09. The highest BCUT2D eigenvalue weighted by atomic mass is 35.5. The Bertz CT molecular complexity index is 546. The summed E-state index contributed by atoms with van der Waals surface area (Å²) < 4.78 is 14.1. The first-order chi connectivity index (χ1) is 9.77. The summed E-state index contributed by atoms with van der Waals surface area (Å²) in [4.78, 5) is 0. The van der Waals surface area contributed by atoms with Crippen LogP contribution in [0.3, 0.4) is 0 Å². The van der Waals surface area contributed by atoms with Crippen molar-refractivity contribution in [1.29, 1.82) is 0 Å². The fraction of sp³-hybridized carbons (Fsp3) is 0.294. The van der Waals surface area contributed by atoms with Gasteiger partial charge in [-0.1, -0.05) is 48.0 Å². The van der Waals surface area contributed by atoms with Crippen LogP contribution in [-0.4, -0.2) is 13.1 Å². The smallest absolute Gasteiger partial charge is 0.126 e. The molecule has 1 saturated heterocycles. The number of piperidine rings is 1. The molecule has 0 aliphatic carbocycles. The Hall–Kier alpha value is -1.38. The van der Waals surface area contributed by atoms with Gasteiger partial charge in [0.15, 0.2) is 0 Å². The summed E-state index contributed by atoms with van der Waals surface area (Å²) in [5.41, 5.74) is 1.91. The largest absolute Gasteiger partial charge is 0.316 e. The van der Waals surface area contributed by atoms with Crippen LogP contribution in [0.4, 0.5) is 4.39 Å². The maximum Gasteiger partial charge on any atom is 0.126 e. The van der Waals surface area contributed by atoms with Crippen LogP contribution in [0, 0.1) is 5.82 Å². The fourth-order valence-corrected chi connectivity index (χ4v) is 3.39. The minimum atomic E-state index is -0.127. The first-order valence-electron chi connectivity index (χ1n) is 6.97. The van der Waals surface area contributed by atoms with E-state index < -0.39 is 0 Å². The second kappa shape index (κ2) is 5.94. The summed E-state index contributed by atoms with van der Waals surface area (Å²) >= 11 is 6.34. The second-order valence-corrected chi connectivity index (χ2v) is 5.66. The third-order valence-corrected chi connectivity index (χ3v) is 4.44. The molecule has 2 aromatic carbocycles. The molecule has 1 aliphatic rings. The van der Waals surface area contributed by atoms with Crippen molar-refractivity contribution < 1.29 is 4.39 Å². The maximum absolute atomic E-state index is 14.1. The van der Waals surface area contributed by atoms with Gasteiger partial charge in [0.1, 0.15) is 5.82 Å². The number of nitrogens with one attached hydrogen (secondary N) is 1. The predicted molar refractivity (Wildman–Crippen MR) is 80.8 cm³/mol. The molecule has 2 aromatic rings. The molecule has 0 radical (unpaired) electrons. The second-order valence-electron chi connectivity index (χ2n) is 5.25. The molecular formula is C17H17ClFN. The zero-order chi connectivity index (χ0) is 13.9. The molecule has 1 nitrogen and oxygen atoms in total. The minimum absolute atomic E-state index is 0.127. The van der Waals surface area contributed by atoms with E-state index in [1.807, 2.05) is 30.3 Å². The van der Waals surface area contributed by atoms with E-state index in [9.17, 15) is 4.39 Å². The molecule has 2 atom stereocenters. The number of rotatable bonds is 2. The Balaban J connectivity index is 2.00. The van der Waals surface area contributed by atoms with Gasteiger partial charge in [-0.25, -0.2) is 4.39 Å². The average molecular weight is 290 g/mol. The van der Waals surface area contributed by atoms with Crippen molar-refractivity contribution in [2.45, 2.75) is 18.3 Å². The lowest BCUT2D eigenvalue weighted by molar-refractivity contribution is 0.394. The molecule has 0 aromatic heterocycles. The lowest BCUT2D eigenvalue weighted by Crippen LogP contribution is -2.34. The van der Waals surface area contributed by atoms with Crippen molar-refractivity contribution >= 4 is 11.6 Å². The van der Waals surface area contributed by atoms with Crippen LogP contribution in [0.1, 0.15) is 29.4 Å². The number of halogens is 2. The lowest BCUT2D eigenvalue weighted by atomic mass is 9.77. The normalized spacial score (nSPS) is 22.7. The van der Waals surface area contributed by atoms with Gasteiger partial charge < -0.3 is 5.32 Å². The van der Waals surface area contributed by atoms with Crippen molar-refractivity contribution in [3.8, 4) is 0 Å². The molecule has 104 valence electrons. The van der Waals surface area contributed by atoms with Crippen LogP contribution in [0.25, 0.3) is 0 Å². The van der Waals surface area contributed by atoms with Crippen molar-refractivity contribution in [2.24, 2.45) is 0 Å². The van der Waals surface area contributed by atoms with E-state index >= 15 is 0 Å². The van der Waals surface area contributed by atoms with Crippen molar-refractivity contribution in [3.63, 3.8) is 0 Å². The number of hydrogen-bond donors (Lipinski definition) is 1. The van der Waals surface area contributed by atoms with Gasteiger partial charge in [-0.05, 0) is 42.1 Å². The summed E-state index contributed by atoms with van der Waals surface area (Å²) in [6.07, 6.45) is 0.975. The molecule has 3 rings (SSSR count). The first-order valence-corrected chi connectivity index (χ1v) is 7.34. The Labute approximate surface area is 123 Å². The molecular weight excluding hydrogens is 273 g/mol. The Morgan fingerprint density at radius 3 is 2.40 bits per heavy atom. The maximum atomic E-state index is 14.1. The molecule has 1 N–H and O–H groups in total. The van der Waals surface area contributed by atoms with Gasteiger partial charge in [0.25, 0.3) is 0 Å². The highest BCUT2D eigenvalue weighted by Gasteiger charge is 2.30. The molecule has 20 heavy (non-hydrogen) atoms. The summed E-state index contributed by atoms with van der Waals surface area (Å²) in [6, 6.07) is 15.0. The van der Waals surface area contributed by atoms with E-state index in [2.05, 4.69) is 11.4 Å². The molecule has 2 unspecified atom stereocenters. The third kappa shape index (κ3) is 2.58. The van der Waals surface area contributed by atoms with Crippen LogP contribution in [-0.2, 0) is 0 Å². The molecule has 1 heterocycles. The number of hydrogen-bond acceptors (Lipinski definition) is 1. The zero-order valence-corrected chi connectivity index (χ0v) is 11.9. The van der Waals surface area contributed by atoms with E-state index in [4.69, 9.17) is 11.6 Å². The monoisotopic (exact) mass is 289 g/mol. The Kier molecular flexibility index (Phi) is 4.04. The predicted octanol–water partition coefficient (Wildman–Crippen LogP) is 4.34. The average Bonchev–Trinajstić information content (AvgIpc) is 2.48. The SMILES string of the molecule is Fc1ccccc1C1CNCCC1c1ccccc1Cl. The highest BCUT2D eigenvalue weighted by Crippen LogP contribution is 2.40. The van der Waals surface area contributed by atoms with Crippen LogP contribution < -0.4 is 5.32 Å². The van der Waals surface area contributed by atoms with E-state index in [1.165, 1.54) is 6.07 Å². The Morgan fingerprint density at radius 1 is 0.950 bits per heavy atom. The van der Waals surface area contributed by atoms with Gasteiger partial charge in [0.05, 0.1) is 0 Å². The molecule has 0 bridgehead atoms.